The minimum absolute atomic E-state index is 0.401. The fourth-order valence-corrected chi connectivity index (χ4v) is 1.36. The van der Waals surface area contributed by atoms with Gasteiger partial charge in [0.1, 0.15) is 18.2 Å². The molecule has 0 N–H and O–H groups in total. The fourth-order valence-electron chi connectivity index (χ4n) is 1.36. The molecule has 0 saturated carbocycles. The quantitative estimate of drug-likeness (QED) is 0.761. The number of rotatable bonds is 3. The van der Waals surface area contributed by atoms with Gasteiger partial charge in [-0.1, -0.05) is 29.8 Å². The summed E-state index contributed by atoms with van der Waals surface area (Å²) in [4.78, 5) is 0. The Balaban J connectivity index is 1.99. The van der Waals surface area contributed by atoms with Gasteiger partial charge in [0.05, 0.1) is 0 Å². The zero-order valence-corrected chi connectivity index (χ0v) is 9.03. The molecule has 2 aromatic rings. The van der Waals surface area contributed by atoms with Crippen molar-refractivity contribution >= 4 is 0 Å². The van der Waals surface area contributed by atoms with Crippen LogP contribution in [-0.4, -0.2) is 0 Å². The molecule has 1 radical (unpaired) electrons. The molecule has 2 heteroatoms. The summed E-state index contributed by atoms with van der Waals surface area (Å²) < 4.78 is 18.3. The van der Waals surface area contributed by atoms with Crippen molar-refractivity contribution in [3.63, 3.8) is 0 Å². The summed E-state index contributed by atoms with van der Waals surface area (Å²) in [6, 6.07) is 15.0. The second kappa shape index (κ2) is 4.79. The molecule has 0 aromatic heterocycles. The first-order chi connectivity index (χ1) is 7.74. The molecular formula is C14H12FO. The summed E-state index contributed by atoms with van der Waals surface area (Å²) in [6.07, 6.45) is 0. The van der Waals surface area contributed by atoms with Gasteiger partial charge in [0.15, 0.2) is 0 Å². The van der Waals surface area contributed by atoms with Crippen molar-refractivity contribution in [3.8, 4) is 5.75 Å². The molecule has 81 valence electrons. The summed E-state index contributed by atoms with van der Waals surface area (Å²) in [7, 11) is 0. The highest BCUT2D eigenvalue weighted by molar-refractivity contribution is 5.24. The Kier molecular flexibility index (Phi) is 3.20. The second-order valence-electron chi connectivity index (χ2n) is 3.65. The predicted molar refractivity (Wildman–Crippen MR) is 60.7 cm³/mol. The standard InChI is InChI=1S/C14H12FO/c1-11-5-7-12(8-6-11)10-16-14-4-2-3-13(15)9-14/h2,4-9H,10H2,1H3. The van der Waals surface area contributed by atoms with Crippen LogP contribution in [0.15, 0.2) is 42.5 Å². The number of aryl methyl sites for hydroxylation is 1. The van der Waals surface area contributed by atoms with E-state index in [0.717, 1.165) is 5.56 Å². The van der Waals surface area contributed by atoms with E-state index in [9.17, 15) is 4.39 Å². The topological polar surface area (TPSA) is 9.23 Å². The maximum Gasteiger partial charge on any atom is 0.134 e. The molecule has 0 aliphatic carbocycles. The fraction of sp³-hybridized carbons (Fsp3) is 0.143. The van der Waals surface area contributed by atoms with Crippen molar-refractivity contribution in [2.24, 2.45) is 0 Å². The molecule has 0 amide bonds. The van der Waals surface area contributed by atoms with E-state index in [2.05, 4.69) is 6.07 Å². The molecule has 0 bridgehead atoms. The van der Waals surface area contributed by atoms with Crippen molar-refractivity contribution in [1.29, 1.82) is 0 Å². The Labute approximate surface area is 94.5 Å². The average molecular weight is 215 g/mol. The van der Waals surface area contributed by atoms with Crippen LogP contribution < -0.4 is 4.74 Å². The molecule has 0 spiro atoms. The largest absolute Gasteiger partial charge is 0.489 e. The summed E-state index contributed by atoms with van der Waals surface area (Å²) in [6.45, 7) is 2.48. The molecular weight excluding hydrogens is 203 g/mol. The number of ether oxygens (including phenoxy) is 1. The maximum atomic E-state index is 12.8. The Bertz CT molecular complexity index is 462. The average Bonchev–Trinajstić information content (AvgIpc) is 2.28. The lowest BCUT2D eigenvalue weighted by Crippen LogP contribution is -1.95. The van der Waals surface area contributed by atoms with Gasteiger partial charge in [-0.2, -0.15) is 0 Å². The Morgan fingerprint density at radius 3 is 2.62 bits per heavy atom. The molecule has 0 unspecified atom stereocenters. The molecule has 2 aromatic carbocycles. The monoisotopic (exact) mass is 215 g/mol. The van der Waals surface area contributed by atoms with Gasteiger partial charge in [0, 0.05) is 12.1 Å². The highest BCUT2D eigenvalue weighted by Gasteiger charge is 1.97. The molecule has 1 nitrogen and oxygen atoms in total. The molecule has 0 saturated heterocycles. The van der Waals surface area contributed by atoms with E-state index >= 15 is 0 Å². The number of benzene rings is 2. The first-order valence-corrected chi connectivity index (χ1v) is 5.09. The molecule has 2 rings (SSSR count). The summed E-state index contributed by atoms with van der Waals surface area (Å²) in [5, 5.41) is 0. The van der Waals surface area contributed by atoms with Crippen molar-refractivity contribution in [1.82, 2.24) is 0 Å². The lowest BCUT2D eigenvalue weighted by Gasteiger charge is -2.06. The van der Waals surface area contributed by atoms with Crippen LogP contribution in [0.3, 0.4) is 0 Å². The van der Waals surface area contributed by atoms with Crippen LogP contribution in [0, 0.1) is 18.8 Å². The van der Waals surface area contributed by atoms with Gasteiger partial charge >= 0.3 is 0 Å². The summed E-state index contributed by atoms with van der Waals surface area (Å²) in [5.74, 6) is 0.123. The van der Waals surface area contributed by atoms with Crippen LogP contribution in [0.25, 0.3) is 0 Å². The first-order valence-electron chi connectivity index (χ1n) is 5.09. The molecule has 0 fully saturated rings. The van der Waals surface area contributed by atoms with Gasteiger partial charge in [0.25, 0.3) is 0 Å². The van der Waals surface area contributed by atoms with Gasteiger partial charge in [0.2, 0.25) is 0 Å². The second-order valence-corrected chi connectivity index (χ2v) is 3.65. The van der Waals surface area contributed by atoms with E-state index in [1.807, 2.05) is 31.2 Å². The third-order valence-corrected chi connectivity index (χ3v) is 2.26. The predicted octanol–water partition coefficient (Wildman–Crippen LogP) is 3.51. The molecule has 0 atom stereocenters. The van der Waals surface area contributed by atoms with Gasteiger partial charge in [-0.05, 0) is 24.6 Å². The smallest absolute Gasteiger partial charge is 0.134 e. The normalized spacial score (nSPS) is 10.1. The number of hydrogen-bond acceptors (Lipinski definition) is 1. The van der Waals surface area contributed by atoms with Crippen LogP contribution >= 0.6 is 0 Å². The minimum atomic E-state index is -0.401. The van der Waals surface area contributed by atoms with E-state index < -0.39 is 5.82 Å². The van der Waals surface area contributed by atoms with Crippen LogP contribution in [0.1, 0.15) is 11.1 Å². The third-order valence-electron chi connectivity index (χ3n) is 2.26. The van der Waals surface area contributed by atoms with Crippen LogP contribution in [-0.2, 0) is 6.61 Å². The van der Waals surface area contributed by atoms with Crippen molar-refractivity contribution in [2.75, 3.05) is 0 Å². The number of halogens is 1. The summed E-state index contributed by atoms with van der Waals surface area (Å²) in [5.41, 5.74) is 2.28. The van der Waals surface area contributed by atoms with Crippen molar-refractivity contribution in [3.05, 3.63) is 65.5 Å². The Morgan fingerprint density at radius 2 is 1.94 bits per heavy atom. The zero-order valence-electron chi connectivity index (χ0n) is 9.03. The molecule has 0 aliphatic heterocycles. The zero-order chi connectivity index (χ0) is 11.4. The van der Waals surface area contributed by atoms with Crippen molar-refractivity contribution in [2.45, 2.75) is 13.5 Å². The summed E-state index contributed by atoms with van der Waals surface area (Å²) >= 11 is 0. The maximum absolute atomic E-state index is 12.8. The highest BCUT2D eigenvalue weighted by Crippen LogP contribution is 2.14. The van der Waals surface area contributed by atoms with E-state index in [-0.39, 0.29) is 0 Å². The molecule has 0 heterocycles. The van der Waals surface area contributed by atoms with Gasteiger partial charge in [-0.3, -0.25) is 0 Å². The third kappa shape index (κ3) is 2.83. The lowest BCUT2D eigenvalue weighted by molar-refractivity contribution is 0.304. The van der Waals surface area contributed by atoms with E-state index in [1.54, 1.807) is 6.07 Å². The Hall–Kier alpha value is -1.83. The van der Waals surface area contributed by atoms with Gasteiger partial charge in [-0.15, -0.1) is 0 Å². The van der Waals surface area contributed by atoms with Gasteiger partial charge < -0.3 is 4.74 Å². The molecule has 16 heavy (non-hydrogen) atoms. The van der Waals surface area contributed by atoms with Gasteiger partial charge in [-0.25, -0.2) is 4.39 Å². The highest BCUT2D eigenvalue weighted by atomic mass is 19.1. The SMILES string of the molecule is Cc1ccc(COc2cc[c]c(F)c2)cc1. The first kappa shape index (κ1) is 10.7. The van der Waals surface area contributed by atoms with E-state index in [4.69, 9.17) is 4.74 Å². The van der Waals surface area contributed by atoms with E-state index in [1.165, 1.54) is 17.7 Å². The number of hydrogen-bond donors (Lipinski definition) is 0. The van der Waals surface area contributed by atoms with Crippen LogP contribution in [0.4, 0.5) is 4.39 Å². The van der Waals surface area contributed by atoms with Crippen LogP contribution in [0.2, 0.25) is 0 Å². The lowest BCUT2D eigenvalue weighted by atomic mass is 10.2. The van der Waals surface area contributed by atoms with Crippen molar-refractivity contribution < 1.29 is 9.13 Å². The van der Waals surface area contributed by atoms with Crippen LogP contribution in [0.5, 0.6) is 5.75 Å². The molecule has 0 aliphatic rings. The van der Waals surface area contributed by atoms with E-state index in [0.29, 0.717) is 12.4 Å². The minimum Gasteiger partial charge on any atom is -0.489 e. The Morgan fingerprint density at radius 1 is 1.19 bits per heavy atom.